The van der Waals surface area contributed by atoms with E-state index in [2.05, 4.69) is 31.5 Å². The maximum Gasteiger partial charge on any atom is 0.362 e. The highest BCUT2D eigenvalue weighted by molar-refractivity contribution is 6.00. The molecular weight excluding hydrogens is 461 g/mol. The topological polar surface area (TPSA) is 84.3 Å². The molecule has 0 spiro atoms. The van der Waals surface area contributed by atoms with Gasteiger partial charge in [0.15, 0.2) is 11.6 Å². The van der Waals surface area contributed by atoms with Gasteiger partial charge in [-0.3, -0.25) is 19.7 Å². The zero-order valence-electron chi connectivity index (χ0n) is 18.6. The third kappa shape index (κ3) is 3.88. The molecule has 4 heterocycles. The Kier molecular flexibility index (Phi) is 5.67. The van der Waals surface area contributed by atoms with Crippen LogP contribution in [0.2, 0.25) is 0 Å². The number of carbonyl (C=O) groups excluding carboxylic acids is 1. The third-order valence-corrected chi connectivity index (χ3v) is 6.06. The largest absolute Gasteiger partial charge is 0.362 e. The Bertz CT molecular complexity index is 1480. The van der Waals surface area contributed by atoms with E-state index in [0.717, 1.165) is 16.3 Å². The van der Waals surface area contributed by atoms with Crippen molar-refractivity contribution in [2.45, 2.75) is 6.92 Å². The molecule has 4 aromatic rings. The van der Waals surface area contributed by atoms with Crippen molar-refractivity contribution >= 4 is 33.4 Å². The summed E-state index contributed by atoms with van der Waals surface area (Å²) in [6.07, 6.45) is 4.63. The number of piperazine rings is 1. The molecule has 8 nitrogen and oxygen atoms in total. The van der Waals surface area contributed by atoms with E-state index in [1.54, 1.807) is 11.1 Å². The summed E-state index contributed by atoms with van der Waals surface area (Å²) >= 11 is 0. The van der Waals surface area contributed by atoms with Gasteiger partial charge in [0.25, 0.3) is 5.91 Å². The zero-order valence-corrected chi connectivity index (χ0v) is 18.6. The van der Waals surface area contributed by atoms with Gasteiger partial charge in [0.1, 0.15) is 17.0 Å². The molecule has 0 atom stereocenters. The molecule has 3 aromatic heterocycles. The van der Waals surface area contributed by atoms with Crippen LogP contribution in [0.5, 0.6) is 6.01 Å². The lowest BCUT2D eigenvalue weighted by Crippen LogP contribution is -2.49. The maximum absolute atomic E-state index is 15.9. The third-order valence-electron chi connectivity index (χ3n) is 6.06. The number of anilines is 1. The molecule has 1 aliphatic heterocycles. The number of aryl methyl sites for hydroxylation is 1. The van der Waals surface area contributed by atoms with E-state index < -0.39 is 23.6 Å². The number of benzene rings is 1. The average Bonchev–Trinajstić information content (AvgIpc) is 2.88. The highest BCUT2D eigenvalue weighted by Gasteiger charge is 2.27. The number of aromatic nitrogens is 4. The van der Waals surface area contributed by atoms with Crippen LogP contribution >= 0.6 is 0 Å². The van der Waals surface area contributed by atoms with Crippen molar-refractivity contribution in [3.63, 3.8) is 0 Å². The van der Waals surface area contributed by atoms with Crippen LogP contribution in [-0.4, -0.2) is 56.9 Å². The number of hydrogen-bond donors (Lipinski definition) is 0. The first-order valence-electron chi connectivity index (χ1n) is 10.8. The summed E-state index contributed by atoms with van der Waals surface area (Å²) < 4.78 is 42.2. The molecule has 1 amide bonds. The van der Waals surface area contributed by atoms with E-state index in [0.29, 0.717) is 5.56 Å². The Hall–Kier alpha value is -4.28. The number of pyridine rings is 2. The van der Waals surface area contributed by atoms with Crippen LogP contribution in [0.15, 0.2) is 49.2 Å². The van der Waals surface area contributed by atoms with Crippen LogP contribution in [0.25, 0.3) is 32.9 Å². The predicted molar refractivity (Wildman–Crippen MR) is 124 cm³/mol. The molecule has 0 N–H and O–H groups in total. The number of rotatable bonds is 4. The highest BCUT2D eigenvalue weighted by Crippen LogP contribution is 2.35. The van der Waals surface area contributed by atoms with Gasteiger partial charge in [-0.2, -0.15) is 9.97 Å². The van der Waals surface area contributed by atoms with E-state index in [1.165, 1.54) is 17.3 Å². The molecule has 0 unspecified atom stereocenters. The fourth-order valence-electron chi connectivity index (χ4n) is 4.38. The second-order valence-electron chi connectivity index (χ2n) is 8.13. The average molecular weight is 480 g/mol. The molecular formula is C24H19F3N6O2. The summed E-state index contributed by atoms with van der Waals surface area (Å²) in [5.74, 6) is -2.42. The van der Waals surface area contributed by atoms with E-state index in [-0.39, 0.29) is 48.6 Å². The molecule has 1 aliphatic rings. The molecule has 5 rings (SSSR count). The molecule has 0 bridgehead atoms. The van der Waals surface area contributed by atoms with Crippen molar-refractivity contribution in [3.8, 4) is 17.3 Å². The number of fused-ring (bicyclic) bond motifs is 2. The fraction of sp³-hybridized carbons (Fsp3) is 0.208. The number of halogens is 3. The first-order valence-corrected chi connectivity index (χ1v) is 10.8. The number of amides is 1. The number of hydrogen-bond acceptors (Lipinski definition) is 7. The van der Waals surface area contributed by atoms with Crippen molar-refractivity contribution in [1.82, 2.24) is 24.8 Å². The maximum atomic E-state index is 15.9. The lowest BCUT2D eigenvalue weighted by atomic mass is 10.00. The van der Waals surface area contributed by atoms with Crippen molar-refractivity contribution in [3.05, 3.63) is 60.6 Å². The summed E-state index contributed by atoms with van der Waals surface area (Å²) in [4.78, 5) is 35.2. The van der Waals surface area contributed by atoms with Crippen LogP contribution in [0.3, 0.4) is 0 Å². The number of nitrogens with zero attached hydrogens (tertiary/aromatic N) is 6. The van der Waals surface area contributed by atoms with Gasteiger partial charge in [-0.15, -0.1) is 0 Å². The second-order valence-corrected chi connectivity index (χ2v) is 8.13. The van der Waals surface area contributed by atoms with E-state index in [4.69, 9.17) is 0 Å². The molecule has 178 valence electrons. The van der Waals surface area contributed by atoms with Crippen molar-refractivity contribution in [2.75, 3.05) is 31.1 Å². The standard InChI is InChI=1S/C24H19F3N6O2/c1-13-4-3-5-15-10-28-11-16(18(13)15)20-19(26)21-17(12-29-20)22(31-24(30-21)35-27)32-6-8-33(9-7-32)23(34)14(2)25/h3-5,10-12H,2,6-9H2,1H3. The molecule has 0 radical (unpaired) electrons. The predicted octanol–water partition coefficient (Wildman–Crippen LogP) is 4.08. The first kappa shape index (κ1) is 22.5. The van der Waals surface area contributed by atoms with Gasteiger partial charge >= 0.3 is 6.01 Å². The van der Waals surface area contributed by atoms with Gasteiger partial charge in [-0.25, -0.2) is 8.78 Å². The number of carbonyl (C=O) groups is 1. The molecule has 1 fully saturated rings. The van der Waals surface area contributed by atoms with Crippen molar-refractivity contribution in [1.29, 1.82) is 0 Å². The lowest BCUT2D eigenvalue weighted by Gasteiger charge is -2.35. The Labute approximate surface area is 197 Å². The Morgan fingerprint density at radius 3 is 2.60 bits per heavy atom. The minimum Gasteiger partial charge on any atom is -0.352 e. The van der Waals surface area contributed by atoms with Gasteiger partial charge in [0.2, 0.25) is 0 Å². The smallest absolute Gasteiger partial charge is 0.352 e. The first-order chi connectivity index (χ1) is 16.9. The molecule has 11 heteroatoms. The molecule has 1 saturated heterocycles. The lowest BCUT2D eigenvalue weighted by molar-refractivity contribution is -0.128. The van der Waals surface area contributed by atoms with Crippen LogP contribution in [0, 0.1) is 12.7 Å². The monoisotopic (exact) mass is 480 g/mol. The summed E-state index contributed by atoms with van der Waals surface area (Å²) in [6, 6.07) is 5.00. The molecule has 35 heavy (non-hydrogen) atoms. The van der Waals surface area contributed by atoms with Gasteiger partial charge in [-0.1, -0.05) is 24.8 Å². The summed E-state index contributed by atoms with van der Waals surface area (Å²) in [5, 5.41) is 1.86. The van der Waals surface area contributed by atoms with Gasteiger partial charge in [0, 0.05) is 60.2 Å². The van der Waals surface area contributed by atoms with Gasteiger partial charge < -0.3 is 9.80 Å². The van der Waals surface area contributed by atoms with E-state index in [9.17, 15) is 13.7 Å². The van der Waals surface area contributed by atoms with Crippen LogP contribution in [-0.2, 0) is 4.79 Å². The fourth-order valence-corrected chi connectivity index (χ4v) is 4.38. The Morgan fingerprint density at radius 2 is 1.89 bits per heavy atom. The summed E-state index contributed by atoms with van der Waals surface area (Å²) in [7, 11) is 0. The van der Waals surface area contributed by atoms with E-state index in [1.807, 2.05) is 25.1 Å². The van der Waals surface area contributed by atoms with Crippen molar-refractivity contribution < 1.29 is 23.0 Å². The minimum atomic E-state index is -1.05. The summed E-state index contributed by atoms with van der Waals surface area (Å²) in [6.45, 7) is 5.77. The van der Waals surface area contributed by atoms with Gasteiger partial charge in [0.05, 0.1) is 5.39 Å². The zero-order chi connectivity index (χ0) is 24.7. The summed E-state index contributed by atoms with van der Waals surface area (Å²) in [5.41, 5.74) is 1.23. The Balaban J connectivity index is 1.60. The normalized spacial score (nSPS) is 13.9. The molecule has 0 aliphatic carbocycles. The second kappa shape index (κ2) is 8.82. The molecule has 1 aromatic carbocycles. The van der Waals surface area contributed by atoms with Crippen molar-refractivity contribution in [2.24, 2.45) is 0 Å². The van der Waals surface area contributed by atoms with Crippen LogP contribution in [0.1, 0.15) is 5.56 Å². The quantitative estimate of drug-likeness (QED) is 0.407. The van der Waals surface area contributed by atoms with Crippen LogP contribution in [0.4, 0.5) is 19.1 Å². The van der Waals surface area contributed by atoms with Gasteiger partial charge in [-0.05, 0) is 17.9 Å². The van der Waals surface area contributed by atoms with Crippen LogP contribution < -0.4 is 9.84 Å². The highest BCUT2D eigenvalue weighted by atomic mass is 19.3. The SMILES string of the molecule is C=C(F)C(=O)N1CCN(c2nc(OF)nc3c(F)c(-c4cncc5cccc(C)c45)ncc23)CC1. The van der Waals surface area contributed by atoms with E-state index >= 15 is 4.39 Å². The Morgan fingerprint density at radius 1 is 1.11 bits per heavy atom. The molecule has 0 saturated carbocycles. The minimum absolute atomic E-state index is 0.0104.